The van der Waals surface area contributed by atoms with Crippen molar-refractivity contribution in [3.8, 4) is 16.9 Å². The molecule has 0 radical (unpaired) electrons. The van der Waals surface area contributed by atoms with Crippen LogP contribution in [0.5, 0.6) is 0 Å². The molecule has 9 heteroatoms. The first-order chi connectivity index (χ1) is 16.6. The molecule has 0 aliphatic rings. The molecular weight excluding hydrogens is 480 g/mol. The number of benzene rings is 3. The standard InChI is InChI=1S/C26H20F4N2O2S/c1-16-21(25(33)31-19-11-13-20(14-12-19)35(2)34)15-24(17-7-9-18(27)10-8-17)32(16)23-6-4-3-5-22(23)26(28,29)30/h3-15H,1-2H3,(H,31,33). The Hall–Kier alpha value is -3.72. The van der Waals surface area contributed by atoms with Gasteiger partial charge in [-0.3, -0.25) is 9.00 Å². The molecule has 4 nitrogen and oxygen atoms in total. The lowest BCUT2D eigenvalue weighted by Gasteiger charge is -2.18. The van der Waals surface area contributed by atoms with Crippen molar-refractivity contribution < 1.29 is 26.6 Å². The van der Waals surface area contributed by atoms with Crippen molar-refractivity contribution in [3.05, 3.63) is 102 Å². The highest BCUT2D eigenvalue weighted by Crippen LogP contribution is 2.38. The summed E-state index contributed by atoms with van der Waals surface area (Å²) in [5.74, 6) is -1.02. The summed E-state index contributed by atoms with van der Waals surface area (Å²) in [6.07, 6.45) is -3.09. The minimum absolute atomic E-state index is 0.148. The van der Waals surface area contributed by atoms with Gasteiger partial charge >= 0.3 is 6.18 Å². The SMILES string of the molecule is Cc1c(C(=O)Nc2ccc(S(C)=O)cc2)cc(-c2ccc(F)cc2)n1-c1ccccc1C(F)(F)F. The summed E-state index contributed by atoms with van der Waals surface area (Å²) in [5.41, 5.74) is 0.619. The fourth-order valence-corrected chi connectivity index (χ4v) is 4.34. The highest BCUT2D eigenvalue weighted by Gasteiger charge is 2.35. The topological polar surface area (TPSA) is 51.1 Å². The molecule has 3 aromatic carbocycles. The van der Waals surface area contributed by atoms with Crippen LogP contribution in [0.15, 0.2) is 83.8 Å². The van der Waals surface area contributed by atoms with Gasteiger partial charge in [0.05, 0.1) is 22.5 Å². The Labute approximate surface area is 201 Å². The Bertz CT molecular complexity index is 1410. The maximum Gasteiger partial charge on any atom is 0.418 e. The van der Waals surface area contributed by atoms with Crippen LogP contribution in [0.3, 0.4) is 0 Å². The maximum atomic E-state index is 13.8. The summed E-state index contributed by atoms with van der Waals surface area (Å²) in [7, 11) is -1.18. The molecule has 0 fully saturated rings. The van der Waals surface area contributed by atoms with Crippen molar-refractivity contribution >= 4 is 22.4 Å². The van der Waals surface area contributed by atoms with Crippen LogP contribution in [0.2, 0.25) is 0 Å². The molecule has 0 spiro atoms. The fraction of sp³-hybridized carbons (Fsp3) is 0.115. The predicted octanol–water partition coefficient (Wildman–Crippen LogP) is 6.60. The van der Waals surface area contributed by atoms with Gasteiger partial charge in [0, 0.05) is 33.3 Å². The molecule has 0 aliphatic heterocycles. The fourth-order valence-electron chi connectivity index (χ4n) is 3.82. The highest BCUT2D eigenvalue weighted by molar-refractivity contribution is 7.84. The number of hydrogen-bond donors (Lipinski definition) is 1. The number of aromatic nitrogens is 1. The third-order valence-electron chi connectivity index (χ3n) is 5.53. The lowest BCUT2D eigenvalue weighted by atomic mass is 10.1. The zero-order valence-electron chi connectivity index (χ0n) is 18.7. The number of anilines is 1. The van der Waals surface area contributed by atoms with Crippen LogP contribution in [-0.4, -0.2) is 20.9 Å². The molecule has 35 heavy (non-hydrogen) atoms. The Kier molecular flexibility index (Phi) is 6.62. The number of amides is 1. The Morgan fingerprint density at radius 2 is 1.57 bits per heavy atom. The number of hydrogen-bond acceptors (Lipinski definition) is 2. The van der Waals surface area contributed by atoms with Crippen LogP contribution in [-0.2, 0) is 17.0 Å². The van der Waals surface area contributed by atoms with Gasteiger partial charge in [0.1, 0.15) is 5.82 Å². The third kappa shape index (κ3) is 5.05. The molecule has 0 aliphatic carbocycles. The zero-order chi connectivity index (χ0) is 25.3. The lowest BCUT2D eigenvalue weighted by molar-refractivity contribution is -0.137. The summed E-state index contributed by atoms with van der Waals surface area (Å²) in [5, 5.41) is 2.73. The van der Waals surface area contributed by atoms with Gasteiger partial charge in [-0.25, -0.2) is 4.39 Å². The molecule has 1 amide bonds. The highest BCUT2D eigenvalue weighted by atomic mass is 32.2. The van der Waals surface area contributed by atoms with E-state index in [2.05, 4.69) is 5.32 Å². The van der Waals surface area contributed by atoms with E-state index in [0.717, 1.165) is 6.07 Å². The van der Waals surface area contributed by atoms with E-state index in [4.69, 9.17) is 0 Å². The van der Waals surface area contributed by atoms with E-state index < -0.39 is 34.3 Å². The molecule has 4 aromatic rings. The number of nitrogens with zero attached hydrogens (tertiary/aromatic N) is 1. The number of nitrogens with one attached hydrogen (secondary N) is 1. The summed E-state index contributed by atoms with van der Waals surface area (Å²) in [4.78, 5) is 13.7. The zero-order valence-corrected chi connectivity index (χ0v) is 19.5. The van der Waals surface area contributed by atoms with Crippen LogP contribution in [0.25, 0.3) is 16.9 Å². The average molecular weight is 501 g/mol. The molecule has 1 aromatic heterocycles. The third-order valence-corrected chi connectivity index (χ3v) is 6.46. The monoisotopic (exact) mass is 500 g/mol. The van der Waals surface area contributed by atoms with Gasteiger partial charge < -0.3 is 9.88 Å². The van der Waals surface area contributed by atoms with Crippen molar-refractivity contribution in [3.63, 3.8) is 0 Å². The summed E-state index contributed by atoms with van der Waals surface area (Å²) in [6, 6.07) is 18.3. The number of alkyl halides is 3. The van der Waals surface area contributed by atoms with Gasteiger partial charge in [-0.15, -0.1) is 0 Å². The molecule has 1 atom stereocenters. The van der Waals surface area contributed by atoms with E-state index in [9.17, 15) is 26.6 Å². The van der Waals surface area contributed by atoms with Gasteiger partial charge in [0.25, 0.3) is 5.91 Å². The summed E-state index contributed by atoms with van der Waals surface area (Å²) in [6.45, 7) is 1.55. The second-order valence-electron chi connectivity index (χ2n) is 7.82. The minimum Gasteiger partial charge on any atom is -0.322 e. The molecule has 0 bridgehead atoms. The van der Waals surface area contributed by atoms with Crippen LogP contribution in [0.4, 0.5) is 23.2 Å². The van der Waals surface area contributed by atoms with Crippen molar-refractivity contribution in [2.45, 2.75) is 18.0 Å². The molecule has 0 saturated heterocycles. The molecule has 1 heterocycles. The Balaban J connectivity index is 1.84. The molecule has 0 saturated carbocycles. The summed E-state index contributed by atoms with van der Waals surface area (Å²) >= 11 is 0. The van der Waals surface area contributed by atoms with Crippen LogP contribution >= 0.6 is 0 Å². The number of para-hydroxylation sites is 1. The van der Waals surface area contributed by atoms with E-state index in [1.54, 1.807) is 31.2 Å². The van der Waals surface area contributed by atoms with E-state index in [0.29, 0.717) is 21.8 Å². The van der Waals surface area contributed by atoms with Gasteiger partial charge in [0.15, 0.2) is 0 Å². The number of halogens is 4. The van der Waals surface area contributed by atoms with E-state index in [1.165, 1.54) is 59.4 Å². The number of rotatable bonds is 5. The lowest BCUT2D eigenvalue weighted by Crippen LogP contribution is -2.15. The first-order valence-corrected chi connectivity index (χ1v) is 12.0. The smallest absolute Gasteiger partial charge is 0.322 e. The number of carbonyl (C=O) groups excluding carboxylic acids is 1. The van der Waals surface area contributed by atoms with Crippen LogP contribution in [0, 0.1) is 12.7 Å². The second kappa shape index (κ2) is 9.50. The Morgan fingerprint density at radius 3 is 2.17 bits per heavy atom. The van der Waals surface area contributed by atoms with Gasteiger partial charge in [-0.2, -0.15) is 13.2 Å². The maximum absolute atomic E-state index is 13.8. The van der Waals surface area contributed by atoms with Crippen molar-refractivity contribution in [2.75, 3.05) is 11.6 Å². The van der Waals surface area contributed by atoms with Crippen molar-refractivity contribution in [1.29, 1.82) is 0 Å². The van der Waals surface area contributed by atoms with Crippen LogP contribution in [0.1, 0.15) is 21.6 Å². The quantitative estimate of drug-likeness (QED) is 0.314. The molecule has 180 valence electrons. The second-order valence-corrected chi connectivity index (χ2v) is 9.20. The molecule has 1 N–H and O–H groups in total. The van der Waals surface area contributed by atoms with Gasteiger partial charge in [-0.05, 0) is 79.2 Å². The van der Waals surface area contributed by atoms with Crippen molar-refractivity contribution in [1.82, 2.24) is 4.57 Å². The largest absolute Gasteiger partial charge is 0.418 e. The van der Waals surface area contributed by atoms with E-state index in [-0.39, 0.29) is 16.9 Å². The molecule has 1 unspecified atom stereocenters. The molecular formula is C26H20F4N2O2S. The minimum atomic E-state index is -4.63. The van der Waals surface area contributed by atoms with Crippen molar-refractivity contribution in [2.24, 2.45) is 0 Å². The summed E-state index contributed by atoms with van der Waals surface area (Å²) < 4.78 is 68.0. The van der Waals surface area contributed by atoms with E-state index in [1.807, 2.05) is 0 Å². The van der Waals surface area contributed by atoms with Gasteiger partial charge in [0.2, 0.25) is 0 Å². The average Bonchev–Trinajstić information content (AvgIpc) is 3.16. The van der Waals surface area contributed by atoms with Gasteiger partial charge in [-0.1, -0.05) is 12.1 Å². The first kappa shape index (κ1) is 24.4. The number of carbonyl (C=O) groups is 1. The Morgan fingerprint density at radius 1 is 0.943 bits per heavy atom. The van der Waals surface area contributed by atoms with Crippen LogP contribution < -0.4 is 5.32 Å². The van der Waals surface area contributed by atoms with E-state index >= 15 is 0 Å². The predicted molar refractivity (Wildman–Crippen MR) is 128 cm³/mol. The molecule has 4 rings (SSSR count). The first-order valence-electron chi connectivity index (χ1n) is 10.5. The normalized spacial score (nSPS) is 12.4.